The molecule has 0 rings (SSSR count). The molecule has 0 aliphatic carbocycles. The molecular formula is C9H23BO5. The lowest BCUT2D eigenvalue weighted by molar-refractivity contribution is -0.00609. The normalized spacial score (nSPS) is 16.4. The molecular weight excluding hydrogens is 199 g/mol. The Morgan fingerprint density at radius 2 is 1.40 bits per heavy atom. The molecule has 5 N–H and O–H groups in total. The van der Waals surface area contributed by atoms with Gasteiger partial charge < -0.3 is 25.3 Å². The highest BCUT2D eigenvalue weighted by Crippen LogP contribution is 2.21. The summed E-state index contributed by atoms with van der Waals surface area (Å²) in [6, 6.07) is 0. The summed E-state index contributed by atoms with van der Waals surface area (Å²) in [5, 5.41) is 40.2. The second kappa shape index (κ2) is 8.07. The van der Waals surface area contributed by atoms with Crippen LogP contribution in [0, 0.1) is 5.92 Å². The van der Waals surface area contributed by atoms with Crippen LogP contribution in [0.4, 0.5) is 0 Å². The van der Waals surface area contributed by atoms with Gasteiger partial charge in [0, 0.05) is 6.42 Å². The molecule has 15 heavy (non-hydrogen) atoms. The minimum absolute atomic E-state index is 0.413. The van der Waals surface area contributed by atoms with E-state index in [0.717, 1.165) is 6.42 Å². The van der Waals surface area contributed by atoms with E-state index < -0.39 is 19.0 Å². The zero-order valence-corrected chi connectivity index (χ0v) is 9.88. The molecule has 0 spiro atoms. The van der Waals surface area contributed by atoms with E-state index in [1.807, 2.05) is 0 Å². The van der Waals surface area contributed by atoms with Crippen molar-refractivity contribution in [3.8, 4) is 0 Å². The Balaban J connectivity index is 0. The van der Waals surface area contributed by atoms with E-state index in [1.165, 1.54) is 0 Å². The number of hydrogen-bond acceptors (Lipinski definition) is 5. The second-order valence-electron chi connectivity index (χ2n) is 4.49. The molecule has 0 bridgehead atoms. The summed E-state index contributed by atoms with van der Waals surface area (Å²) >= 11 is 0. The van der Waals surface area contributed by atoms with Gasteiger partial charge in [0.2, 0.25) is 0 Å². The van der Waals surface area contributed by atoms with Gasteiger partial charge in [0.05, 0.1) is 11.7 Å². The Morgan fingerprint density at radius 1 is 1.07 bits per heavy atom. The van der Waals surface area contributed by atoms with Gasteiger partial charge in [-0.25, -0.2) is 0 Å². The molecule has 5 nitrogen and oxygen atoms in total. The van der Waals surface area contributed by atoms with Gasteiger partial charge in [0.15, 0.2) is 0 Å². The SMILES string of the molecule is CC(C)CC(C)(O)CC(C)O.OB(O)O. The third-order valence-corrected chi connectivity index (χ3v) is 1.58. The van der Waals surface area contributed by atoms with Crippen molar-refractivity contribution in [3.05, 3.63) is 0 Å². The van der Waals surface area contributed by atoms with Crippen LogP contribution in [0.5, 0.6) is 0 Å². The van der Waals surface area contributed by atoms with E-state index in [2.05, 4.69) is 13.8 Å². The van der Waals surface area contributed by atoms with Crippen LogP contribution in [0.25, 0.3) is 0 Å². The van der Waals surface area contributed by atoms with Crippen LogP contribution in [-0.4, -0.2) is 44.3 Å². The third-order valence-electron chi connectivity index (χ3n) is 1.58. The van der Waals surface area contributed by atoms with Gasteiger partial charge in [-0.05, 0) is 26.2 Å². The molecule has 0 aromatic heterocycles. The van der Waals surface area contributed by atoms with Crippen molar-refractivity contribution in [3.63, 3.8) is 0 Å². The minimum atomic E-state index is -2.17. The van der Waals surface area contributed by atoms with Crippen LogP contribution < -0.4 is 0 Å². The summed E-state index contributed by atoms with van der Waals surface area (Å²) in [5.74, 6) is 0.476. The van der Waals surface area contributed by atoms with E-state index in [4.69, 9.17) is 20.2 Å². The van der Waals surface area contributed by atoms with Crippen molar-refractivity contribution < 1.29 is 25.3 Å². The first-order valence-corrected chi connectivity index (χ1v) is 5.01. The number of aliphatic hydroxyl groups excluding tert-OH is 1. The third kappa shape index (κ3) is 20.1. The van der Waals surface area contributed by atoms with E-state index in [0.29, 0.717) is 12.3 Å². The van der Waals surface area contributed by atoms with Crippen LogP contribution in [0.2, 0.25) is 0 Å². The van der Waals surface area contributed by atoms with Crippen LogP contribution in [-0.2, 0) is 0 Å². The first-order valence-electron chi connectivity index (χ1n) is 5.01. The van der Waals surface area contributed by atoms with Gasteiger partial charge >= 0.3 is 7.32 Å². The minimum Gasteiger partial charge on any atom is -0.402 e. The maximum absolute atomic E-state index is 9.70. The fraction of sp³-hybridized carbons (Fsp3) is 1.00. The first-order chi connectivity index (χ1) is 6.57. The van der Waals surface area contributed by atoms with E-state index in [-0.39, 0.29) is 0 Å². The molecule has 0 aliphatic heterocycles. The molecule has 0 saturated heterocycles. The van der Waals surface area contributed by atoms with E-state index >= 15 is 0 Å². The highest BCUT2D eigenvalue weighted by Gasteiger charge is 2.23. The Kier molecular flexibility index (Phi) is 9.29. The Morgan fingerprint density at radius 3 is 1.60 bits per heavy atom. The molecule has 0 amide bonds. The molecule has 0 aromatic rings. The molecule has 2 atom stereocenters. The fourth-order valence-electron chi connectivity index (χ4n) is 1.60. The molecule has 0 saturated carbocycles. The van der Waals surface area contributed by atoms with E-state index in [9.17, 15) is 5.11 Å². The lowest BCUT2D eigenvalue weighted by Crippen LogP contribution is -2.30. The van der Waals surface area contributed by atoms with Gasteiger partial charge in [0.1, 0.15) is 0 Å². The van der Waals surface area contributed by atoms with Crippen LogP contribution >= 0.6 is 0 Å². The summed E-state index contributed by atoms with van der Waals surface area (Å²) < 4.78 is 0. The van der Waals surface area contributed by atoms with Crippen LogP contribution in [0.3, 0.4) is 0 Å². The summed E-state index contributed by atoms with van der Waals surface area (Å²) in [6.45, 7) is 7.61. The monoisotopic (exact) mass is 222 g/mol. The Hall–Kier alpha value is -0.135. The average molecular weight is 222 g/mol. The highest BCUT2D eigenvalue weighted by molar-refractivity contribution is 6.30. The molecule has 0 radical (unpaired) electrons. The molecule has 6 heteroatoms. The first kappa shape index (κ1) is 17.3. The van der Waals surface area contributed by atoms with Gasteiger partial charge in [-0.2, -0.15) is 0 Å². The van der Waals surface area contributed by atoms with Crippen molar-refractivity contribution in [1.29, 1.82) is 0 Å². The van der Waals surface area contributed by atoms with E-state index in [1.54, 1.807) is 13.8 Å². The summed E-state index contributed by atoms with van der Waals surface area (Å²) in [6.07, 6.45) is 0.798. The summed E-state index contributed by atoms with van der Waals surface area (Å²) in [5.41, 5.74) is -0.706. The number of aliphatic hydroxyl groups is 2. The van der Waals surface area contributed by atoms with Crippen molar-refractivity contribution in [1.82, 2.24) is 0 Å². The van der Waals surface area contributed by atoms with Crippen molar-refractivity contribution in [2.24, 2.45) is 5.92 Å². The standard InChI is InChI=1S/C9H20O2.BH3O3/c1-7(2)5-9(4,11)6-8(3)10;2-1(3)4/h7-8,10-11H,5-6H2,1-4H3;2-4H. The lowest BCUT2D eigenvalue weighted by Gasteiger charge is -2.26. The highest BCUT2D eigenvalue weighted by atomic mass is 16.5. The summed E-state index contributed by atoms with van der Waals surface area (Å²) in [4.78, 5) is 0. The smallest absolute Gasteiger partial charge is 0.402 e. The fourth-order valence-corrected chi connectivity index (χ4v) is 1.60. The zero-order valence-electron chi connectivity index (χ0n) is 9.88. The maximum Gasteiger partial charge on any atom is 0.631 e. The second-order valence-corrected chi connectivity index (χ2v) is 4.49. The van der Waals surface area contributed by atoms with Crippen molar-refractivity contribution in [2.75, 3.05) is 0 Å². The zero-order chi connectivity index (χ0) is 12.6. The van der Waals surface area contributed by atoms with Gasteiger partial charge in [-0.15, -0.1) is 0 Å². The summed E-state index contributed by atoms with van der Waals surface area (Å²) in [7, 11) is -2.17. The van der Waals surface area contributed by atoms with Crippen LogP contribution in [0.1, 0.15) is 40.5 Å². The molecule has 2 unspecified atom stereocenters. The molecule has 0 aliphatic rings. The average Bonchev–Trinajstić information content (AvgIpc) is 1.75. The maximum atomic E-state index is 9.70. The molecule has 0 fully saturated rings. The van der Waals surface area contributed by atoms with Gasteiger partial charge in [0.25, 0.3) is 0 Å². The van der Waals surface area contributed by atoms with Crippen molar-refractivity contribution in [2.45, 2.75) is 52.2 Å². The van der Waals surface area contributed by atoms with Crippen molar-refractivity contribution >= 4 is 7.32 Å². The molecule has 0 aromatic carbocycles. The van der Waals surface area contributed by atoms with Crippen LogP contribution in [0.15, 0.2) is 0 Å². The lowest BCUT2D eigenvalue weighted by atomic mass is 9.89. The number of hydrogen-bond donors (Lipinski definition) is 5. The number of rotatable bonds is 4. The molecule has 0 heterocycles. The quantitative estimate of drug-likeness (QED) is 0.413. The predicted molar refractivity (Wildman–Crippen MR) is 58.8 cm³/mol. The Bertz CT molecular complexity index is 133. The topological polar surface area (TPSA) is 101 Å². The van der Waals surface area contributed by atoms with Gasteiger partial charge in [-0.3, -0.25) is 0 Å². The largest absolute Gasteiger partial charge is 0.631 e. The Labute approximate surface area is 91.6 Å². The van der Waals surface area contributed by atoms with Gasteiger partial charge in [-0.1, -0.05) is 13.8 Å². The predicted octanol–water partition coefficient (Wildman–Crippen LogP) is -0.497. The molecule has 92 valence electrons.